The van der Waals surface area contributed by atoms with Gasteiger partial charge in [0.25, 0.3) is 0 Å². The minimum atomic E-state index is -0.0595. The van der Waals surface area contributed by atoms with Crippen LogP contribution in [-0.4, -0.2) is 0 Å². The summed E-state index contributed by atoms with van der Waals surface area (Å²) in [5.41, 5.74) is 20.5. The van der Waals surface area contributed by atoms with Gasteiger partial charge in [0, 0.05) is 64.6 Å². The molecule has 0 amide bonds. The predicted octanol–water partition coefficient (Wildman–Crippen LogP) is 30.3. The van der Waals surface area contributed by atoms with Crippen molar-refractivity contribution in [2.75, 3.05) is 15.1 Å². The largest absolute Gasteiger partial charge is 0.356 e. The summed E-state index contributed by atoms with van der Waals surface area (Å²) in [6.45, 7) is 54.6. The normalized spacial score (nSPS) is 12.7. The summed E-state index contributed by atoms with van der Waals surface area (Å²) >= 11 is 7.57. The van der Waals surface area contributed by atoms with E-state index in [2.05, 4.69) is 444 Å². The maximum Gasteiger partial charge on any atom is 0.0620 e. The van der Waals surface area contributed by atoms with Gasteiger partial charge in [-0.15, -0.1) is 0 Å². The van der Waals surface area contributed by atoms with Gasteiger partial charge in [-0.05, 0) is 226 Å². The Labute approximate surface area is 624 Å². The van der Waals surface area contributed by atoms with Gasteiger partial charge in [0.2, 0.25) is 0 Å². The molecular formula is C96H111Br2N3. The van der Waals surface area contributed by atoms with Gasteiger partial charge in [0.05, 0.1) is 11.4 Å². The Morgan fingerprint density at radius 1 is 0.208 bits per heavy atom. The fourth-order valence-corrected chi connectivity index (χ4v) is 14.5. The van der Waals surface area contributed by atoms with Crippen LogP contribution in [0.15, 0.2) is 239 Å². The van der Waals surface area contributed by atoms with Gasteiger partial charge < -0.3 is 15.1 Å². The molecule has 0 unspecified atom stereocenters. The number of nitrogens with zero attached hydrogens (tertiary/aromatic N) is 2. The van der Waals surface area contributed by atoms with Crippen molar-refractivity contribution in [1.82, 2.24) is 0 Å². The van der Waals surface area contributed by atoms with E-state index in [1.165, 1.54) is 108 Å². The van der Waals surface area contributed by atoms with Gasteiger partial charge >= 0.3 is 0 Å². The minimum Gasteiger partial charge on any atom is -0.356 e. The average Bonchev–Trinajstić information content (AvgIpc) is 0.720. The molecule has 12 aromatic carbocycles. The second-order valence-electron chi connectivity index (χ2n) is 36.1. The molecule has 0 atom stereocenters. The smallest absolute Gasteiger partial charge is 0.0620 e. The first-order valence-corrected chi connectivity index (χ1v) is 37.9. The molecule has 0 radical (unpaired) electrons. The van der Waals surface area contributed by atoms with Crippen LogP contribution in [0.3, 0.4) is 0 Å². The summed E-state index contributed by atoms with van der Waals surface area (Å²) in [6, 6.07) is 86.0. The second kappa shape index (κ2) is 28.7. The molecule has 5 heteroatoms. The molecule has 0 aliphatic heterocycles. The van der Waals surface area contributed by atoms with Crippen LogP contribution in [-0.2, 0) is 43.3 Å². The van der Waals surface area contributed by atoms with E-state index in [1.54, 1.807) is 0 Å². The molecule has 0 aromatic heterocycles. The van der Waals surface area contributed by atoms with Crippen molar-refractivity contribution in [1.29, 1.82) is 0 Å². The first-order chi connectivity index (χ1) is 47.0. The van der Waals surface area contributed by atoms with Gasteiger partial charge in [-0.2, -0.15) is 0 Å². The lowest BCUT2D eigenvalue weighted by molar-refractivity contribution is 0.590. The summed E-state index contributed by atoms with van der Waals surface area (Å²) in [4.78, 5) is 5.02. The number of rotatable bonds is 8. The molecule has 0 bridgehead atoms. The lowest BCUT2D eigenvalue weighted by Gasteiger charge is -2.34. The summed E-state index contributed by atoms with van der Waals surface area (Å²) in [5, 5.41) is 13.3. The van der Waals surface area contributed by atoms with E-state index in [9.17, 15) is 0 Å². The minimum absolute atomic E-state index is 0.0417. The molecule has 0 aliphatic rings. The van der Waals surface area contributed by atoms with Gasteiger partial charge in [-0.1, -0.05) is 312 Å². The molecule has 0 saturated heterocycles. The summed E-state index contributed by atoms with van der Waals surface area (Å²) in [7, 11) is 0. The zero-order valence-corrected chi connectivity index (χ0v) is 68.3. The fraction of sp³-hybridized carbons (Fsp3) is 0.333. The number of nitrogens with one attached hydrogen (secondary N) is 1. The van der Waals surface area contributed by atoms with Crippen molar-refractivity contribution >= 4 is 120 Å². The van der Waals surface area contributed by atoms with E-state index >= 15 is 0 Å². The fourth-order valence-electron chi connectivity index (χ4n) is 13.2. The molecule has 0 heterocycles. The maximum absolute atomic E-state index is 3.80. The lowest BCUT2D eigenvalue weighted by atomic mass is 9.84. The number of halogens is 2. The number of benzene rings is 12. The lowest BCUT2D eigenvalue weighted by Crippen LogP contribution is -2.17. The van der Waals surface area contributed by atoms with Crippen molar-refractivity contribution in [3.63, 3.8) is 0 Å². The molecule has 0 fully saturated rings. The van der Waals surface area contributed by atoms with Crippen molar-refractivity contribution in [2.45, 2.75) is 209 Å². The van der Waals surface area contributed by atoms with Crippen LogP contribution < -0.4 is 15.1 Å². The van der Waals surface area contributed by atoms with Crippen molar-refractivity contribution < 1.29 is 0 Å². The molecular weight excluding hydrogens is 1350 g/mol. The van der Waals surface area contributed by atoms with Crippen LogP contribution in [0.25, 0.3) is 43.1 Å². The van der Waals surface area contributed by atoms with Gasteiger partial charge in [-0.3, -0.25) is 0 Å². The van der Waals surface area contributed by atoms with Gasteiger partial charge in [0.15, 0.2) is 0 Å². The Morgan fingerprint density at radius 3 is 0.683 bits per heavy atom. The van der Waals surface area contributed by atoms with E-state index in [0.29, 0.717) is 0 Å². The average molecular weight is 1470 g/mol. The third-order valence-electron chi connectivity index (χ3n) is 19.8. The van der Waals surface area contributed by atoms with E-state index < -0.39 is 0 Å². The Morgan fingerprint density at radius 2 is 0.406 bits per heavy atom. The summed E-state index contributed by atoms with van der Waals surface area (Å²) in [5.74, 6) is 0. The Kier molecular flexibility index (Phi) is 21.5. The zero-order chi connectivity index (χ0) is 73.7. The van der Waals surface area contributed by atoms with Gasteiger partial charge in [0.1, 0.15) is 0 Å². The van der Waals surface area contributed by atoms with Crippen LogP contribution >= 0.6 is 31.9 Å². The molecule has 0 aliphatic carbocycles. The number of anilines is 8. The van der Waals surface area contributed by atoms with E-state index in [4.69, 9.17) is 0 Å². The number of hydrogen-bond donors (Lipinski definition) is 1. The second-order valence-corrected chi connectivity index (χ2v) is 37.7. The van der Waals surface area contributed by atoms with E-state index in [1.807, 2.05) is 0 Å². The summed E-state index contributed by atoms with van der Waals surface area (Å²) < 4.78 is 2.35. The molecule has 0 saturated carbocycles. The first-order valence-electron chi connectivity index (χ1n) is 36.3. The predicted molar refractivity (Wildman–Crippen MR) is 453 cm³/mol. The highest BCUT2D eigenvalue weighted by molar-refractivity contribution is 9.11. The summed E-state index contributed by atoms with van der Waals surface area (Å²) in [6.07, 6.45) is 0. The molecule has 12 rings (SSSR count). The molecule has 524 valence electrons. The highest BCUT2D eigenvalue weighted by Gasteiger charge is 2.30. The van der Waals surface area contributed by atoms with Crippen LogP contribution in [0.5, 0.6) is 0 Å². The SMILES string of the molecule is CC(C)(C)c1ccc(N(c2ccc(C(C)(C)C)cc2)c2c3ccccc3c(N(c3ccc(C(C)(C)C)cc3)c3ccc(C(C)(C)C)cc3)c3cc(C(C)(C)C)ccc23)cc1.CC(C)(C)c1ccc(Nc2ccc(C(C)(C)C)cc2)cc1.CC(C)(C)c1ccc2c(Br)c3ccccc3c(Br)c2c1. The van der Waals surface area contributed by atoms with Crippen LogP contribution in [0.4, 0.5) is 45.5 Å². The van der Waals surface area contributed by atoms with Gasteiger partial charge in [-0.25, -0.2) is 0 Å². The van der Waals surface area contributed by atoms with Crippen molar-refractivity contribution in [3.05, 3.63) is 284 Å². The monoisotopic (exact) mass is 1460 g/mol. The van der Waals surface area contributed by atoms with Crippen LogP contribution in [0, 0.1) is 0 Å². The van der Waals surface area contributed by atoms with Crippen molar-refractivity contribution in [3.8, 4) is 0 Å². The van der Waals surface area contributed by atoms with Crippen molar-refractivity contribution in [2.24, 2.45) is 0 Å². The maximum atomic E-state index is 3.80. The molecule has 12 aromatic rings. The third kappa shape index (κ3) is 17.2. The molecule has 3 nitrogen and oxygen atoms in total. The highest BCUT2D eigenvalue weighted by atomic mass is 79.9. The standard InChI is InChI=1S/C58H68N2.C20H27N.C18H16Br2/c1-54(2,3)39-20-29-44(30-21-39)59(45-31-22-40(23-32-45)55(4,5)6)52-48-18-16-17-19-49(48)53(51-38-43(58(13,14)15)28-37-50(51)52)60(46-33-24-41(25-34-46)56(7,8)9)47-35-26-42(27-36-47)57(10,11)12;1-19(2,3)15-7-11-17(12-8-15)21-18-13-9-16(10-14-18)20(4,5)6;1-18(2,3)11-8-9-14-15(10-11)17(20)13-7-5-4-6-12(13)16(14)19/h16-38H,1-15H3;7-14,21H,1-6H3;4-10H,1-3H3. The van der Waals surface area contributed by atoms with Crippen LogP contribution in [0.1, 0.15) is 211 Å². The van der Waals surface area contributed by atoms with E-state index in [-0.39, 0.29) is 43.3 Å². The molecule has 1 N–H and O–H groups in total. The Hall–Kier alpha value is -7.96. The molecule has 101 heavy (non-hydrogen) atoms. The highest BCUT2D eigenvalue weighted by Crippen LogP contribution is 2.53. The number of fused-ring (bicyclic) bond motifs is 4. The van der Waals surface area contributed by atoms with E-state index in [0.717, 1.165) is 34.1 Å². The quantitative estimate of drug-likeness (QED) is 0.121. The Balaban J connectivity index is 0.000000216. The van der Waals surface area contributed by atoms with Crippen LogP contribution in [0.2, 0.25) is 0 Å². The number of hydrogen-bond acceptors (Lipinski definition) is 3. The molecule has 0 spiro atoms. The third-order valence-corrected chi connectivity index (χ3v) is 21.5. The first kappa shape index (κ1) is 75.7. The zero-order valence-electron chi connectivity index (χ0n) is 65.1. The topological polar surface area (TPSA) is 18.5 Å². The Bertz CT molecular complexity index is 4700.